The average Bonchev–Trinajstić information content (AvgIpc) is 2.45. The van der Waals surface area contributed by atoms with Gasteiger partial charge in [0.05, 0.1) is 6.54 Å². The van der Waals surface area contributed by atoms with Gasteiger partial charge in [-0.15, -0.1) is 0 Å². The van der Waals surface area contributed by atoms with E-state index in [1.165, 1.54) is 0 Å². The standard InChI is InChI=1S/C16H14ClNO/c17-16-9-2-1-7-14(16)12-19-15-8-3-5-13(11-15)6-4-10-18/h1-3,5,7-9,11H,10,12,18H2. The number of ether oxygens (including phenoxy) is 1. The fourth-order valence-electron chi connectivity index (χ4n) is 1.59. The van der Waals surface area contributed by atoms with Gasteiger partial charge < -0.3 is 10.5 Å². The predicted octanol–water partition coefficient (Wildman–Crippen LogP) is 3.23. The Morgan fingerprint density at radius 3 is 2.74 bits per heavy atom. The van der Waals surface area contributed by atoms with Crippen LogP contribution in [-0.4, -0.2) is 6.54 Å². The Morgan fingerprint density at radius 1 is 1.11 bits per heavy atom. The van der Waals surface area contributed by atoms with Crippen molar-refractivity contribution in [1.82, 2.24) is 0 Å². The molecule has 3 heteroatoms. The summed E-state index contributed by atoms with van der Waals surface area (Å²) in [5.41, 5.74) is 7.20. The molecule has 0 unspecified atom stereocenters. The van der Waals surface area contributed by atoms with Crippen LogP contribution in [0.3, 0.4) is 0 Å². The molecule has 0 saturated carbocycles. The molecule has 2 aromatic carbocycles. The van der Waals surface area contributed by atoms with Gasteiger partial charge in [0.25, 0.3) is 0 Å². The molecule has 2 rings (SSSR count). The van der Waals surface area contributed by atoms with Crippen molar-refractivity contribution in [2.24, 2.45) is 5.73 Å². The van der Waals surface area contributed by atoms with Crippen LogP contribution in [0.25, 0.3) is 0 Å². The summed E-state index contributed by atoms with van der Waals surface area (Å²) in [7, 11) is 0. The third kappa shape index (κ3) is 4.03. The van der Waals surface area contributed by atoms with E-state index in [1.807, 2.05) is 48.5 Å². The molecule has 0 amide bonds. The highest BCUT2D eigenvalue weighted by Gasteiger charge is 2.00. The van der Waals surface area contributed by atoms with Crippen LogP contribution < -0.4 is 10.5 Å². The molecule has 0 fully saturated rings. The van der Waals surface area contributed by atoms with Gasteiger partial charge in [-0.2, -0.15) is 0 Å². The number of rotatable bonds is 3. The first-order chi connectivity index (χ1) is 9.29. The van der Waals surface area contributed by atoms with Crippen LogP contribution in [0, 0.1) is 11.8 Å². The second-order valence-corrected chi connectivity index (χ2v) is 4.32. The zero-order valence-electron chi connectivity index (χ0n) is 10.4. The van der Waals surface area contributed by atoms with E-state index in [9.17, 15) is 0 Å². The molecule has 0 atom stereocenters. The Kier molecular flexibility index (Phi) is 4.85. The summed E-state index contributed by atoms with van der Waals surface area (Å²) < 4.78 is 5.71. The van der Waals surface area contributed by atoms with Gasteiger partial charge in [0.2, 0.25) is 0 Å². The Morgan fingerprint density at radius 2 is 1.95 bits per heavy atom. The number of benzene rings is 2. The van der Waals surface area contributed by atoms with Gasteiger partial charge in [0, 0.05) is 16.1 Å². The third-order valence-electron chi connectivity index (χ3n) is 2.52. The maximum atomic E-state index is 6.07. The monoisotopic (exact) mass is 271 g/mol. The summed E-state index contributed by atoms with van der Waals surface area (Å²) in [4.78, 5) is 0. The van der Waals surface area contributed by atoms with Gasteiger partial charge in [-0.05, 0) is 24.3 Å². The summed E-state index contributed by atoms with van der Waals surface area (Å²) in [5, 5.41) is 0.710. The van der Waals surface area contributed by atoms with E-state index in [0.29, 0.717) is 18.2 Å². The second-order valence-electron chi connectivity index (χ2n) is 3.91. The predicted molar refractivity (Wildman–Crippen MR) is 78.2 cm³/mol. The van der Waals surface area contributed by atoms with Crippen LogP contribution in [-0.2, 0) is 6.61 Å². The van der Waals surface area contributed by atoms with Crippen molar-refractivity contribution < 1.29 is 4.74 Å². The number of nitrogens with two attached hydrogens (primary N) is 1. The molecule has 2 aromatic rings. The van der Waals surface area contributed by atoms with Gasteiger partial charge in [-0.25, -0.2) is 0 Å². The van der Waals surface area contributed by atoms with Crippen molar-refractivity contribution in [2.75, 3.05) is 6.54 Å². The summed E-state index contributed by atoms with van der Waals surface area (Å²) in [6.45, 7) is 0.790. The molecule has 0 saturated heterocycles. The highest BCUT2D eigenvalue weighted by Crippen LogP contribution is 2.19. The first-order valence-electron chi connectivity index (χ1n) is 5.95. The fraction of sp³-hybridized carbons (Fsp3) is 0.125. The molecule has 0 aliphatic carbocycles. The lowest BCUT2D eigenvalue weighted by Crippen LogP contribution is -1.96. The van der Waals surface area contributed by atoms with Gasteiger partial charge in [-0.1, -0.05) is 47.7 Å². The minimum absolute atomic E-state index is 0.352. The Labute approximate surface area is 118 Å². The van der Waals surface area contributed by atoms with Crippen LogP contribution in [0.15, 0.2) is 48.5 Å². The van der Waals surface area contributed by atoms with Gasteiger partial charge >= 0.3 is 0 Å². The first kappa shape index (κ1) is 13.5. The van der Waals surface area contributed by atoms with Crippen molar-refractivity contribution in [3.8, 4) is 17.6 Å². The molecule has 0 aliphatic rings. The van der Waals surface area contributed by atoms with Gasteiger partial charge in [-0.3, -0.25) is 0 Å². The summed E-state index contributed by atoms with van der Waals surface area (Å²) in [5.74, 6) is 6.56. The van der Waals surface area contributed by atoms with Crippen molar-refractivity contribution >= 4 is 11.6 Å². The molecule has 19 heavy (non-hydrogen) atoms. The molecule has 96 valence electrons. The topological polar surface area (TPSA) is 35.2 Å². The number of halogens is 1. The minimum Gasteiger partial charge on any atom is -0.489 e. The first-order valence-corrected chi connectivity index (χ1v) is 6.32. The van der Waals surface area contributed by atoms with E-state index in [4.69, 9.17) is 22.1 Å². The maximum absolute atomic E-state index is 6.07. The SMILES string of the molecule is NCC#Cc1cccc(OCc2ccccc2Cl)c1. The quantitative estimate of drug-likeness (QED) is 0.870. The van der Waals surface area contributed by atoms with E-state index in [0.717, 1.165) is 16.9 Å². The zero-order chi connectivity index (χ0) is 13.5. The van der Waals surface area contributed by atoms with Crippen LogP contribution in [0.2, 0.25) is 5.02 Å². The summed E-state index contributed by atoms with van der Waals surface area (Å²) in [6.07, 6.45) is 0. The molecular weight excluding hydrogens is 258 g/mol. The highest BCUT2D eigenvalue weighted by molar-refractivity contribution is 6.31. The summed E-state index contributed by atoms with van der Waals surface area (Å²) >= 11 is 6.07. The van der Waals surface area contributed by atoms with Crippen LogP contribution in [0.4, 0.5) is 0 Å². The average molecular weight is 272 g/mol. The Hall–Kier alpha value is -1.95. The normalized spacial score (nSPS) is 9.58. The minimum atomic E-state index is 0.352. The summed E-state index contributed by atoms with van der Waals surface area (Å²) in [6, 6.07) is 15.2. The number of hydrogen-bond donors (Lipinski definition) is 1. The Balaban J connectivity index is 2.06. The molecule has 0 radical (unpaired) electrons. The molecule has 0 aliphatic heterocycles. The molecule has 0 spiro atoms. The molecular formula is C16H14ClNO. The van der Waals surface area contributed by atoms with Crippen LogP contribution in [0.1, 0.15) is 11.1 Å². The fourth-order valence-corrected chi connectivity index (χ4v) is 1.78. The van der Waals surface area contributed by atoms with E-state index < -0.39 is 0 Å². The van der Waals surface area contributed by atoms with E-state index >= 15 is 0 Å². The van der Waals surface area contributed by atoms with E-state index in [2.05, 4.69) is 11.8 Å². The second kappa shape index (κ2) is 6.84. The number of hydrogen-bond acceptors (Lipinski definition) is 2. The van der Waals surface area contributed by atoms with Crippen LogP contribution >= 0.6 is 11.6 Å². The lowest BCUT2D eigenvalue weighted by Gasteiger charge is -2.07. The molecule has 2 nitrogen and oxygen atoms in total. The van der Waals surface area contributed by atoms with Crippen molar-refractivity contribution in [3.63, 3.8) is 0 Å². The molecule has 2 N–H and O–H groups in total. The van der Waals surface area contributed by atoms with Crippen molar-refractivity contribution in [2.45, 2.75) is 6.61 Å². The molecule has 0 bridgehead atoms. The lowest BCUT2D eigenvalue weighted by atomic mass is 10.2. The smallest absolute Gasteiger partial charge is 0.121 e. The van der Waals surface area contributed by atoms with Crippen molar-refractivity contribution in [1.29, 1.82) is 0 Å². The maximum Gasteiger partial charge on any atom is 0.121 e. The molecule has 0 aromatic heterocycles. The van der Waals surface area contributed by atoms with Gasteiger partial charge in [0.1, 0.15) is 12.4 Å². The van der Waals surface area contributed by atoms with E-state index in [1.54, 1.807) is 0 Å². The van der Waals surface area contributed by atoms with Gasteiger partial charge in [0.15, 0.2) is 0 Å². The zero-order valence-corrected chi connectivity index (χ0v) is 11.2. The van der Waals surface area contributed by atoms with Crippen LogP contribution in [0.5, 0.6) is 5.75 Å². The lowest BCUT2D eigenvalue weighted by molar-refractivity contribution is 0.306. The third-order valence-corrected chi connectivity index (χ3v) is 2.89. The highest BCUT2D eigenvalue weighted by atomic mass is 35.5. The van der Waals surface area contributed by atoms with Crippen molar-refractivity contribution in [3.05, 3.63) is 64.7 Å². The van der Waals surface area contributed by atoms with E-state index in [-0.39, 0.29) is 0 Å². The largest absolute Gasteiger partial charge is 0.489 e. The molecule has 0 heterocycles. The Bertz CT molecular complexity index is 613.